The highest BCUT2D eigenvalue weighted by atomic mass is 79.9. The normalized spacial score (nSPS) is 10.1. The fourth-order valence-corrected chi connectivity index (χ4v) is 1.90. The van der Waals surface area contributed by atoms with Gasteiger partial charge in [0.05, 0.1) is 23.7 Å². The Balaban J connectivity index is 3.20. The molecule has 1 N–H and O–H groups in total. The van der Waals surface area contributed by atoms with Gasteiger partial charge in [0.1, 0.15) is 11.6 Å². The minimum absolute atomic E-state index is 0.0173. The molecule has 1 aromatic carbocycles. The van der Waals surface area contributed by atoms with E-state index >= 15 is 0 Å². The number of Topliss-reactive ketones (excluding diaryl/α,β-unsaturated/α-hetero) is 1. The number of ether oxygens (including phenoxy) is 1. The van der Waals surface area contributed by atoms with E-state index in [1.165, 1.54) is 19.2 Å². The van der Waals surface area contributed by atoms with Crippen molar-refractivity contribution < 1.29 is 13.9 Å². The predicted octanol–water partition coefficient (Wildman–Crippen LogP) is 2.00. The molecule has 1 rings (SSSR count). The van der Waals surface area contributed by atoms with Crippen molar-refractivity contribution in [2.24, 2.45) is 0 Å². The largest absolute Gasteiger partial charge is 0.496 e. The first-order chi connectivity index (χ1) is 7.11. The lowest BCUT2D eigenvalue weighted by molar-refractivity contribution is 0.0988. The molecule has 3 nitrogen and oxygen atoms in total. The first-order valence-corrected chi connectivity index (χ1v) is 5.11. The van der Waals surface area contributed by atoms with Gasteiger partial charge in [0.2, 0.25) is 0 Å². The van der Waals surface area contributed by atoms with Gasteiger partial charge in [-0.2, -0.15) is 0 Å². The van der Waals surface area contributed by atoms with Crippen molar-refractivity contribution in [1.82, 2.24) is 5.32 Å². The summed E-state index contributed by atoms with van der Waals surface area (Å²) in [6.45, 7) is 0.0860. The van der Waals surface area contributed by atoms with Gasteiger partial charge in [-0.05, 0) is 35.1 Å². The maximum absolute atomic E-state index is 13.4. The Kier molecular flexibility index (Phi) is 4.23. The zero-order chi connectivity index (χ0) is 11.4. The van der Waals surface area contributed by atoms with E-state index in [4.69, 9.17) is 4.74 Å². The minimum atomic E-state index is -0.553. The smallest absolute Gasteiger partial charge is 0.180 e. The highest BCUT2D eigenvalue weighted by Gasteiger charge is 2.18. The van der Waals surface area contributed by atoms with Gasteiger partial charge in [-0.3, -0.25) is 4.79 Å². The molecular formula is C10H11BrFNO2. The molecule has 0 heterocycles. The molecule has 0 amide bonds. The van der Waals surface area contributed by atoms with E-state index in [-0.39, 0.29) is 17.9 Å². The number of carbonyl (C=O) groups excluding carboxylic acids is 1. The summed E-state index contributed by atoms with van der Waals surface area (Å²) >= 11 is 3.15. The van der Waals surface area contributed by atoms with Gasteiger partial charge in [0, 0.05) is 0 Å². The quantitative estimate of drug-likeness (QED) is 0.855. The maximum Gasteiger partial charge on any atom is 0.180 e. The average molecular weight is 276 g/mol. The molecule has 0 fully saturated rings. The van der Waals surface area contributed by atoms with Gasteiger partial charge < -0.3 is 10.1 Å². The Bertz CT molecular complexity index is 382. The van der Waals surface area contributed by atoms with Crippen molar-refractivity contribution >= 4 is 21.7 Å². The lowest BCUT2D eigenvalue weighted by Crippen LogP contribution is -2.20. The van der Waals surface area contributed by atoms with Crippen LogP contribution in [0.1, 0.15) is 10.4 Å². The van der Waals surface area contributed by atoms with Crippen molar-refractivity contribution in [3.63, 3.8) is 0 Å². The van der Waals surface area contributed by atoms with E-state index in [1.807, 2.05) is 0 Å². The van der Waals surface area contributed by atoms with Crippen LogP contribution in [0.15, 0.2) is 16.6 Å². The Morgan fingerprint density at radius 3 is 2.80 bits per heavy atom. The fourth-order valence-electron chi connectivity index (χ4n) is 1.20. The van der Waals surface area contributed by atoms with Crippen molar-refractivity contribution in [1.29, 1.82) is 0 Å². The molecule has 82 valence electrons. The number of likely N-dealkylation sites (N-methyl/N-ethyl adjacent to an activating group) is 1. The number of benzene rings is 1. The predicted molar refractivity (Wildman–Crippen MR) is 58.9 cm³/mol. The number of halogens is 2. The van der Waals surface area contributed by atoms with E-state index in [9.17, 15) is 9.18 Å². The monoisotopic (exact) mass is 275 g/mol. The first-order valence-electron chi connectivity index (χ1n) is 4.31. The average Bonchev–Trinajstić information content (AvgIpc) is 2.18. The molecule has 0 aliphatic heterocycles. The van der Waals surface area contributed by atoms with Crippen LogP contribution in [0.4, 0.5) is 4.39 Å². The molecule has 5 heteroatoms. The van der Waals surface area contributed by atoms with Gasteiger partial charge >= 0.3 is 0 Å². The number of rotatable bonds is 4. The fraction of sp³-hybridized carbons (Fsp3) is 0.300. The van der Waals surface area contributed by atoms with Gasteiger partial charge in [-0.15, -0.1) is 0 Å². The molecule has 0 spiro atoms. The van der Waals surface area contributed by atoms with Gasteiger partial charge in [-0.1, -0.05) is 0 Å². The molecule has 0 saturated carbocycles. The molecule has 15 heavy (non-hydrogen) atoms. The summed E-state index contributed by atoms with van der Waals surface area (Å²) in [5.41, 5.74) is 0.0173. The topological polar surface area (TPSA) is 38.3 Å². The molecule has 0 aliphatic carbocycles. The Labute approximate surface area is 95.7 Å². The number of carbonyl (C=O) groups is 1. The number of hydrogen-bond acceptors (Lipinski definition) is 3. The molecule has 0 saturated heterocycles. The van der Waals surface area contributed by atoms with Crippen molar-refractivity contribution in [3.8, 4) is 5.75 Å². The first kappa shape index (κ1) is 12.1. The van der Waals surface area contributed by atoms with Gasteiger partial charge in [0.25, 0.3) is 0 Å². The lowest BCUT2D eigenvalue weighted by Gasteiger charge is -2.08. The second-order valence-electron chi connectivity index (χ2n) is 2.89. The molecule has 1 aromatic rings. The van der Waals surface area contributed by atoms with Gasteiger partial charge in [-0.25, -0.2) is 4.39 Å². The second kappa shape index (κ2) is 5.23. The summed E-state index contributed by atoms with van der Waals surface area (Å²) in [6, 6.07) is 2.68. The Morgan fingerprint density at radius 2 is 2.27 bits per heavy atom. The summed E-state index contributed by atoms with van der Waals surface area (Å²) in [5, 5.41) is 2.68. The van der Waals surface area contributed by atoms with Crippen LogP contribution in [0.2, 0.25) is 0 Å². The maximum atomic E-state index is 13.4. The molecule has 0 bridgehead atoms. The van der Waals surface area contributed by atoms with E-state index < -0.39 is 5.82 Å². The van der Waals surface area contributed by atoms with Crippen LogP contribution in [-0.4, -0.2) is 26.5 Å². The highest BCUT2D eigenvalue weighted by molar-refractivity contribution is 9.10. The van der Waals surface area contributed by atoms with Crippen molar-refractivity contribution in [2.45, 2.75) is 0 Å². The van der Waals surface area contributed by atoms with Crippen LogP contribution in [-0.2, 0) is 0 Å². The lowest BCUT2D eigenvalue weighted by atomic mass is 10.1. The third-order valence-electron chi connectivity index (χ3n) is 1.89. The summed E-state index contributed by atoms with van der Waals surface area (Å²) in [6.07, 6.45) is 0. The van der Waals surface area contributed by atoms with E-state index in [2.05, 4.69) is 21.2 Å². The van der Waals surface area contributed by atoms with Crippen LogP contribution in [0.5, 0.6) is 5.75 Å². The number of hydrogen-bond donors (Lipinski definition) is 1. The third-order valence-corrected chi connectivity index (χ3v) is 2.68. The molecule has 0 aliphatic rings. The highest BCUT2D eigenvalue weighted by Crippen LogP contribution is 2.30. The van der Waals surface area contributed by atoms with Crippen LogP contribution in [0.25, 0.3) is 0 Å². The van der Waals surface area contributed by atoms with Crippen LogP contribution < -0.4 is 10.1 Å². The van der Waals surface area contributed by atoms with Crippen LogP contribution in [0, 0.1) is 5.82 Å². The number of ketones is 1. The molecule has 0 radical (unpaired) electrons. The minimum Gasteiger partial charge on any atom is -0.496 e. The molecule has 0 atom stereocenters. The Hall–Kier alpha value is -0.940. The van der Waals surface area contributed by atoms with E-state index in [0.717, 1.165) is 0 Å². The standard InChI is InChI=1S/C10H11BrFNO2/c1-13-5-7(14)9-6(12)3-4-8(15-2)10(9)11/h3-4,13H,5H2,1-2H3. The SMILES string of the molecule is CNCC(=O)c1c(F)ccc(OC)c1Br. The summed E-state index contributed by atoms with van der Waals surface area (Å²) < 4.78 is 18.7. The van der Waals surface area contributed by atoms with E-state index in [0.29, 0.717) is 10.2 Å². The second-order valence-corrected chi connectivity index (χ2v) is 3.69. The zero-order valence-electron chi connectivity index (χ0n) is 8.43. The summed E-state index contributed by atoms with van der Waals surface area (Å²) in [4.78, 5) is 11.6. The number of methoxy groups -OCH3 is 1. The Morgan fingerprint density at radius 1 is 1.60 bits per heavy atom. The third kappa shape index (κ3) is 2.54. The van der Waals surface area contributed by atoms with Crippen molar-refractivity contribution in [3.05, 3.63) is 28.0 Å². The molecule has 0 unspecified atom stereocenters. The van der Waals surface area contributed by atoms with Crippen LogP contribution in [0.3, 0.4) is 0 Å². The zero-order valence-corrected chi connectivity index (χ0v) is 10.0. The number of nitrogens with one attached hydrogen (secondary N) is 1. The molecule has 0 aromatic heterocycles. The van der Waals surface area contributed by atoms with E-state index in [1.54, 1.807) is 7.05 Å². The van der Waals surface area contributed by atoms with Gasteiger partial charge in [0.15, 0.2) is 5.78 Å². The summed E-state index contributed by atoms with van der Waals surface area (Å²) in [7, 11) is 3.09. The van der Waals surface area contributed by atoms with Crippen molar-refractivity contribution in [2.75, 3.05) is 20.7 Å². The summed E-state index contributed by atoms with van der Waals surface area (Å²) in [5.74, 6) is -0.431. The van der Waals surface area contributed by atoms with Crippen LogP contribution >= 0.6 is 15.9 Å². The molecular weight excluding hydrogens is 265 g/mol.